The van der Waals surface area contributed by atoms with Gasteiger partial charge in [0.1, 0.15) is 0 Å². The molecule has 1 aliphatic rings. The van der Waals surface area contributed by atoms with E-state index in [0.29, 0.717) is 0 Å². The second kappa shape index (κ2) is 12.5. The predicted molar refractivity (Wildman–Crippen MR) is 104 cm³/mol. The van der Waals surface area contributed by atoms with E-state index in [9.17, 15) is 0 Å². The molecule has 0 aromatic rings. The van der Waals surface area contributed by atoms with Crippen LogP contribution in [0, 0.1) is 11.8 Å². The van der Waals surface area contributed by atoms with Gasteiger partial charge >= 0.3 is 0 Å². The SMILES string of the molecule is CCN1CCC(CCNC(=NC)NCCC(C)C)CC1.I. The molecule has 0 aromatic heterocycles. The molecule has 21 heavy (non-hydrogen) atoms. The van der Waals surface area contributed by atoms with Crippen molar-refractivity contribution < 1.29 is 0 Å². The number of halogens is 1. The van der Waals surface area contributed by atoms with Crippen molar-refractivity contribution in [3.8, 4) is 0 Å². The molecular weight excluding hydrogens is 375 g/mol. The third-order valence-corrected chi connectivity index (χ3v) is 4.24. The zero-order valence-electron chi connectivity index (χ0n) is 14.3. The minimum atomic E-state index is 0. The number of aliphatic imine (C=N–C) groups is 1. The van der Waals surface area contributed by atoms with Gasteiger partial charge in [-0.3, -0.25) is 4.99 Å². The van der Waals surface area contributed by atoms with E-state index in [1.54, 1.807) is 0 Å². The fourth-order valence-electron chi connectivity index (χ4n) is 2.69. The van der Waals surface area contributed by atoms with Gasteiger partial charge in [0.25, 0.3) is 0 Å². The maximum absolute atomic E-state index is 4.28. The summed E-state index contributed by atoms with van der Waals surface area (Å²) in [5, 5.41) is 6.83. The Balaban J connectivity index is 0.00000400. The summed E-state index contributed by atoms with van der Waals surface area (Å²) in [7, 11) is 1.85. The molecule has 0 bridgehead atoms. The first-order valence-electron chi connectivity index (χ1n) is 8.32. The molecule has 0 aliphatic carbocycles. The van der Waals surface area contributed by atoms with Gasteiger partial charge in [0.15, 0.2) is 5.96 Å². The molecule has 0 atom stereocenters. The second-order valence-electron chi connectivity index (χ2n) is 6.27. The zero-order valence-corrected chi connectivity index (χ0v) is 16.7. The minimum absolute atomic E-state index is 0. The van der Waals surface area contributed by atoms with Crippen LogP contribution >= 0.6 is 24.0 Å². The lowest BCUT2D eigenvalue weighted by Crippen LogP contribution is -2.40. The van der Waals surface area contributed by atoms with Crippen LogP contribution in [-0.4, -0.2) is 50.6 Å². The first kappa shape index (κ1) is 21.0. The molecule has 1 rings (SSSR count). The van der Waals surface area contributed by atoms with E-state index in [1.165, 1.54) is 45.3 Å². The number of nitrogens with one attached hydrogen (secondary N) is 2. The summed E-state index contributed by atoms with van der Waals surface area (Å²) in [6.45, 7) is 12.6. The van der Waals surface area contributed by atoms with Gasteiger partial charge in [-0.1, -0.05) is 20.8 Å². The lowest BCUT2D eigenvalue weighted by Gasteiger charge is -2.31. The summed E-state index contributed by atoms with van der Waals surface area (Å²) < 4.78 is 0. The second-order valence-corrected chi connectivity index (χ2v) is 6.27. The van der Waals surface area contributed by atoms with Crippen LogP contribution in [0.5, 0.6) is 0 Å². The zero-order chi connectivity index (χ0) is 14.8. The van der Waals surface area contributed by atoms with E-state index in [4.69, 9.17) is 0 Å². The van der Waals surface area contributed by atoms with Crippen LogP contribution in [0.3, 0.4) is 0 Å². The van der Waals surface area contributed by atoms with Crippen molar-refractivity contribution in [2.45, 2.75) is 46.5 Å². The van der Waals surface area contributed by atoms with Crippen molar-refractivity contribution >= 4 is 29.9 Å². The summed E-state index contributed by atoms with van der Waals surface area (Å²) in [5.74, 6) is 2.58. The quantitative estimate of drug-likeness (QED) is 0.385. The normalized spacial score (nSPS) is 17.7. The van der Waals surface area contributed by atoms with Crippen molar-refractivity contribution in [3.05, 3.63) is 0 Å². The molecule has 0 unspecified atom stereocenters. The van der Waals surface area contributed by atoms with Gasteiger partial charge in [-0.15, -0.1) is 24.0 Å². The van der Waals surface area contributed by atoms with E-state index in [2.05, 4.69) is 41.3 Å². The van der Waals surface area contributed by atoms with Crippen molar-refractivity contribution in [1.82, 2.24) is 15.5 Å². The van der Waals surface area contributed by atoms with Crippen LogP contribution in [-0.2, 0) is 0 Å². The molecule has 1 saturated heterocycles. The number of hydrogen-bond acceptors (Lipinski definition) is 2. The molecule has 4 nitrogen and oxygen atoms in total. The Morgan fingerprint density at radius 1 is 1.19 bits per heavy atom. The van der Waals surface area contributed by atoms with Crippen molar-refractivity contribution in [3.63, 3.8) is 0 Å². The standard InChI is InChI=1S/C16H34N4.HI/c1-5-20-12-8-15(9-13-20)7-11-19-16(17-4)18-10-6-14(2)3;/h14-15H,5-13H2,1-4H3,(H2,17,18,19);1H. The van der Waals surface area contributed by atoms with Crippen LogP contribution in [0.4, 0.5) is 0 Å². The van der Waals surface area contributed by atoms with E-state index in [-0.39, 0.29) is 24.0 Å². The fourth-order valence-corrected chi connectivity index (χ4v) is 2.69. The van der Waals surface area contributed by atoms with Gasteiger partial charge in [-0.05, 0) is 57.2 Å². The molecule has 126 valence electrons. The van der Waals surface area contributed by atoms with E-state index < -0.39 is 0 Å². The molecule has 0 amide bonds. The average Bonchev–Trinajstić information content (AvgIpc) is 2.46. The Kier molecular flexibility index (Phi) is 12.5. The Bertz CT molecular complexity index is 273. The fraction of sp³-hybridized carbons (Fsp3) is 0.938. The van der Waals surface area contributed by atoms with Crippen LogP contribution < -0.4 is 10.6 Å². The summed E-state index contributed by atoms with van der Waals surface area (Å²) in [5.41, 5.74) is 0. The highest BCUT2D eigenvalue weighted by Crippen LogP contribution is 2.19. The van der Waals surface area contributed by atoms with E-state index >= 15 is 0 Å². The van der Waals surface area contributed by atoms with Gasteiger partial charge in [-0.2, -0.15) is 0 Å². The minimum Gasteiger partial charge on any atom is -0.356 e. The summed E-state index contributed by atoms with van der Waals surface area (Å²) >= 11 is 0. The number of nitrogens with zero attached hydrogens (tertiary/aromatic N) is 2. The average molecular weight is 410 g/mol. The molecule has 1 heterocycles. The van der Waals surface area contributed by atoms with Gasteiger partial charge in [0, 0.05) is 20.1 Å². The first-order valence-corrected chi connectivity index (χ1v) is 8.32. The topological polar surface area (TPSA) is 39.7 Å². The molecule has 1 aliphatic heterocycles. The number of piperidine rings is 1. The smallest absolute Gasteiger partial charge is 0.190 e. The highest BCUT2D eigenvalue weighted by molar-refractivity contribution is 14.0. The Hall–Kier alpha value is -0.0400. The molecule has 0 saturated carbocycles. The lowest BCUT2D eigenvalue weighted by molar-refractivity contribution is 0.187. The van der Waals surface area contributed by atoms with Crippen LogP contribution in [0.15, 0.2) is 4.99 Å². The number of rotatable bonds is 7. The van der Waals surface area contributed by atoms with Crippen molar-refractivity contribution in [1.29, 1.82) is 0 Å². The third kappa shape index (κ3) is 9.55. The number of likely N-dealkylation sites (tertiary alicyclic amines) is 1. The van der Waals surface area contributed by atoms with Gasteiger partial charge in [0.05, 0.1) is 0 Å². The third-order valence-electron chi connectivity index (χ3n) is 4.24. The van der Waals surface area contributed by atoms with E-state index in [1.807, 2.05) is 7.05 Å². The first-order chi connectivity index (χ1) is 9.65. The van der Waals surface area contributed by atoms with Crippen molar-refractivity contribution in [2.75, 3.05) is 39.8 Å². The number of guanidine groups is 1. The predicted octanol–water partition coefficient (Wildman–Crippen LogP) is 2.94. The molecule has 0 radical (unpaired) electrons. The molecule has 2 N–H and O–H groups in total. The highest BCUT2D eigenvalue weighted by Gasteiger charge is 2.17. The maximum atomic E-state index is 4.28. The van der Waals surface area contributed by atoms with Crippen LogP contribution in [0.1, 0.15) is 46.5 Å². The Morgan fingerprint density at radius 2 is 1.81 bits per heavy atom. The Morgan fingerprint density at radius 3 is 2.33 bits per heavy atom. The lowest BCUT2D eigenvalue weighted by atomic mass is 9.93. The Labute approximate surface area is 148 Å². The largest absolute Gasteiger partial charge is 0.356 e. The van der Waals surface area contributed by atoms with Crippen molar-refractivity contribution in [2.24, 2.45) is 16.8 Å². The van der Waals surface area contributed by atoms with Gasteiger partial charge in [0.2, 0.25) is 0 Å². The van der Waals surface area contributed by atoms with Gasteiger partial charge < -0.3 is 15.5 Å². The van der Waals surface area contributed by atoms with Crippen LogP contribution in [0.25, 0.3) is 0 Å². The highest BCUT2D eigenvalue weighted by atomic mass is 127. The molecule has 5 heteroatoms. The molecular formula is C16H35IN4. The summed E-state index contributed by atoms with van der Waals surface area (Å²) in [6.07, 6.45) is 5.17. The molecule has 0 aromatic carbocycles. The maximum Gasteiger partial charge on any atom is 0.190 e. The monoisotopic (exact) mass is 410 g/mol. The van der Waals surface area contributed by atoms with Gasteiger partial charge in [-0.25, -0.2) is 0 Å². The summed E-state index contributed by atoms with van der Waals surface area (Å²) in [6, 6.07) is 0. The van der Waals surface area contributed by atoms with E-state index in [0.717, 1.165) is 30.9 Å². The molecule has 0 spiro atoms. The molecule has 1 fully saturated rings. The summed E-state index contributed by atoms with van der Waals surface area (Å²) in [4.78, 5) is 6.83. The number of hydrogen-bond donors (Lipinski definition) is 2. The van der Waals surface area contributed by atoms with Crippen LogP contribution in [0.2, 0.25) is 0 Å².